The molecule has 0 aliphatic carbocycles. The number of carbonyl (C=O) groups excluding carboxylic acids is 3. The molecule has 206 valence electrons. The van der Waals surface area contributed by atoms with Gasteiger partial charge in [-0.15, -0.1) is 0 Å². The summed E-state index contributed by atoms with van der Waals surface area (Å²) in [7, 11) is 1.52. The molecule has 4 rings (SSSR count). The fourth-order valence-electron chi connectivity index (χ4n) is 3.89. The van der Waals surface area contributed by atoms with E-state index in [1.165, 1.54) is 20.2 Å². The molecule has 11 heteroatoms. The number of alkyl carbamates (subject to hydrolysis) is 1. The zero-order valence-electron chi connectivity index (χ0n) is 21.7. The number of methoxy groups -OCH3 is 1. The summed E-state index contributed by atoms with van der Waals surface area (Å²) in [6, 6.07) is 21.7. The van der Waals surface area contributed by atoms with E-state index in [1.807, 2.05) is 36.4 Å². The molecule has 0 aliphatic rings. The molecule has 40 heavy (non-hydrogen) atoms. The van der Waals surface area contributed by atoms with Gasteiger partial charge in [0.05, 0.1) is 24.9 Å². The van der Waals surface area contributed by atoms with E-state index in [0.29, 0.717) is 27.0 Å². The fraction of sp³-hybridized carbons (Fsp3) is 0.172. The maximum absolute atomic E-state index is 12.8. The highest BCUT2D eigenvalue weighted by Crippen LogP contribution is 2.24. The quantitative estimate of drug-likeness (QED) is 0.205. The van der Waals surface area contributed by atoms with Gasteiger partial charge < -0.3 is 19.5 Å². The third kappa shape index (κ3) is 7.70. The van der Waals surface area contributed by atoms with Gasteiger partial charge in [0.15, 0.2) is 6.23 Å². The monoisotopic (exact) mass is 606 g/mol. The lowest BCUT2D eigenvalue weighted by Crippen LogP contribution is -2.39. The number of benzene rings is 3. The molecule has 2 atom stereocenters. The van der Waals surface area contributed by atoms with Crippen LogP contribution in [0.25, 0.3) is 10.8 Å². The standard InChI is InChI=1S/C29H27BrN4O6/c1-18(39-29(37)34-25-12-6-8-19-7-3-4-11-24(19)25)33-28(36)40-26(20-9-5-10-23(14-20)38-2)17-32-27(35)21-13-22(30)16-31-15-21/h3-16,18,26H,17H2,1-2H3,(H,32,35)(H,33,36)(H,34,37). The van der Waals surface area contributed by atoms with Gasteiger partial charge in [-0.1, -0.05) is 48.5 Å². The van der Waals surface area contributed by atoms with E-state index < -0.39 is 30.4 Å². The van der Waals surface area contributed by atoms with Crippen molar-refractivity contribution in [2.45, 2.75) is 19.3 Å². The molecule has 1 aromatic heterocycles. The Morgan fingerprint density at radius 3 is 2.50 bits per heavy atom. The Labute approximate surface area is 239 Å². The molecule has 4 aromatic rings. The third-order valence-electron chi connectivity index (χ3n) is 5.76. The zero-order valence-corrected chi connectivity index (χ0v) is 23.3. The number of hydrogen-bond donors (Lipinski definition) is 3. The molecule has 0 radical (unpaired) electrons. The Morgan fingerprint density at radius 1 is 0.925 bits per heavy atom. The van der Waals surface area contributed by atoms with Gasteiger partial charge in [0, 0.05) is 22.3 Å². The first-order valence-corrected chi connectivity index (χ1v) is 13.1. The molecule has 2 unspecified atom stereocenters. The Bertz CT molecular complexity index is 1510. The average molecular weight is 607 g/mol. The summed E-state index contributed by atoms with van der Waals surface area (Å²) >= 11 is 3.29. The second-order valence-electron chi connectivity index (χ2n) is 8.62. The van der Waals surface area contributed by atoms with E-state index in [0.717, 1.165) is 10.8 Å². The van der Waals surface area contributed by atoms with Gasteiger partial charge in [0.25, 0.3) is 5.91 Å². The highest BCUT2D eigenvalue weighted by molar-refractivity contribution is 9.10. The number of amides is 3. The molecule has 0 bridgehead atoms. The van der Waals surface area contributed by atoms with Crippen LogP contribution < -0.4 is 20.7 Å². The maximum Gasteiger partial charge on any atom is 0.413 e. The van der Waals surface area contributed by atoms with E-state index in [-0.39, 0.29) is 6.54 Å². The number of nitrogens with one attached hydrogen (secondary N) is 3. The van der Waals surface area contributed by atoms with Crippen molar-refractivity contribution in [3.8, 4) is 5.75 Å². The second kappa shape index (κ2) is 13.4. The molecule has 3 amide bonds. The van der Waals surface area contributed by atoms with Crippen LogP contribution in [0.4, 0.5) is 15.3 Å². The first-order chi connectivity index (χ1) is 19.3. The van der Waals surface area contributed by atoms with Gasteiger partial charge in [0.1, 0.15) is 11.9 Å². The molecule has 3 aromatic carbocycles. The molecular formula is C29H27BrN4O6. The smallest absolute Gasteiger partial charge is 0.413 e. The van der Waals surface area contributed by atoms with Crippen molar-refractivity contribution < 1.29 is 28.6 Å². The number of anilines is 1. The average Bonchev–Trinajstić information content (AvgIpc) is 2.95. The normalized spacial score (nSPS) is 12.1. The summed E-state index contributed by atoms with van der Waals surface area (Å²) in [6.07, 6.45) is -0.502. The Hall–Kier alpha value is -4.64. The van der Waals surface area contributed by atoms with Crippen LogP contribution in [0.5, 0.6) is 5.75 Å². The molecule has 0 saturated heterocycles. The summed E-state index contributed by atoms with van der Waals surface area (Å²) in [5.74, 6) is 0.156. The topological polar surface area (TPSA) is 128 Å². The summed E-state index contributed by atoms with van der Waals surface area (Å²) < 4.78 is 16.9. The minimum Gasteiger partial charge on any atom is -0.497 e. The van der Waals surface area contributed by atoms with Gasteiger partial charge in [-0.3, -0.25) is 20.4 Å². The second-order valence-corrected chi connectivity index (χ2v) is 9.53. The van der Waals surface area contributed by atoms with Gasteiger partial charge in [0.2, 0.25) is 0 Å². The summed E-state index contributed by atoms with van der Waals surface area (Å²) in [5.41, 5.74) is 1.50. The highest BCUT2D eigenvalue weighted by atomic mass is 79.9. The van der Waals surface area contributed by atoms with Crippen LogP contribution in [0, 0.1) is 0 Å². The van der Waals surface area contributed by atoms with Crippen molar-refractivity contribution in [1.82, 2.24) is 15.6 Å². The van der Waals surface area contributed by atoms with Gasteiger partial charge >= 0.3 is 12.2 Å². The van der Waals surface area contributed by atoms with Crippen LogP contribution in [0.2, 0.25) is 0 Å². The first kappa shape index (κ1) is 28.4. The van der Waals surface area contributed by atoms with Crippen molar-refractivity contribution >= 4 is 50.5 Å². The van der Waals surface area contributed by atoms with Crippen molar-refractivity contribution in [2.24, 2.45) is 0 Å². The van der Waals surface area contributed by atoms with Crippen LogP contribution in [0.15, 0.2) is 89.7 Å². The SMILES string of the molecule is COc1cccc(C(CNC(=O)c2cncc(Br)c2)OC(=O)NC(C)OC(=O)Nc2cccc3ccccc23)c1. The van der Waals surface area contributed by atoms with Gasteiger partial charge in [-0.05, 0) is 58.1 Å². The minimum atomic E-state index is -1.02. The molecular weight excluding hydrogens is 580 g/mol. The van der Waals surface area contributed by atoms with Crippen LogP contribution in [0.3, 0.4) is 0 Å². The number of nitrogens with zero attached hydrogens (tertiary/aromatic N) is 1. The molecule has 10 nitrogen and oxygen atoms in total. The summed E-state index contributed by atoms with van der Waals surface area (Å²) in [6.45, 7) is 1.45. The Morgan fingerprint density at radius 2 is 1.70 bits per heavy atom. The largest absolute Gasteiger partial charge is 0.497 e. The molecule has 0 spiro atoms. The van der Waals surface area contributed by atoms with Crippen molar-refractivity contribution in [2.75, 3.05) is 19.0 Å². The third-order valence-corrected chi connectivity index (χ3v) is 6.19. The van der Waals surface area contributed by atoms with Gasteiger partial charge in [-0.25, -0.2) is 9.59 Å². The lowest BCUT2D eigenvalue weighted by Gasteiger charge is -2.21. The molecule has 1 heterocycles. The predicted octanol–water partition coefficient (Wildman–Crippen LogP) is 5.80. The number of halogens is 1. The van der Waals surface area contributed by atoms with E-state index in [9.17, 15) is 14.4 Å². The molecule has 0 aliphatic heterocycles. The van der Waals surface area contributed by atoms with E-state index in [4.69, 9.17) is 14.2 Å². The van der Waals surface area contributed by atoms with Crippen LogP contribution >= 0.6 is 15.9 Å². The highest BCUT2D eigenvalue weighted by Gasteiger charge is 2.21. The lowest BCUT2D eigenvalue weighted by atomic mass is 10.1. The fourth-order valence-corrected chi connectivity index (χ4v) is 4.25. The minimum absolute atomic E-state index is 0.0389. The summed E-state index contributed by atoms with van der Waals surface area (Å²) in [5, 5.41) is 9.75. The Balaban J connectivity index is 1.38. The number of rotatable bonds is 9. The van der Waals surface area contributed by atoms with Crippen molar-refractivity contribution in [3.05, 3.63) is 101 Å². The number of pyridine rings is 1. The first-order valence-electron chi connectivity index (χ1n) is 12.3. The van der Waals surface area contributed by atoms with Crippen LogP contribution in [0.1, 0.15) is 28.9 Å². The summed E-state index contributed by atoms with van der Waals surface area (Å²) in [4.78, 5) is 41.9. The predicted molar refractivity (Wildman–Crippen MR) is 153 cm³/mol. The number of fused-ring (bicyclic) bond motifs is 1. The number of ether oxygens (including phenoxy) is 3. The molecule has 0 saturated carbocycles. The van der Waals surface area contributed by atoms with E-state index >= 15 is 0 Å². The number of carbonyl (C=O) groups is 3. The lowest BCUT2D eigenvalue weighted by molar-refractivity contribution is 0.0618. The maximum atomic E-state index is 12.8. The van der Waals surface area contributed by atoms with Crippen molar-refractivity contribution in [1.29, 1.82) is 0 Å². The molecule has 3 N–H and O–H groups in total. The van der Waals surface area contributed by atoms with Crippen molar-refractivity contribution in [3.63, 3.8) is 0 Å². The Kier molecular flexibility index (Phi) is 9.53. The van der Waals surface area contributed by atoms with Gasteiger partial charge in [-0.2, -0.15) is 0 Å². The van der Waals surface area contributed by atoms with Crippen LogP contribution in [-0.2, 0) is 9.47 Å². The molecule has 0 fully saturated rings. The van der Waals surface area contributed by atoms with E-state index in [1.54, 1.807) is 42.6 Å². The van der Waals surface area contributed by atoms with Crippen LogP contribution in [-0.4, -0.2) is 43.0 Å². The number of hydrogen-bond acceptors (Lipinski definition) is 7. The zero-order chi connectivity index (χ0) is 28.5. The number of aromatic nitrogens is 1. The van der Waals surface area contributed by atoms with E-state index in [2.05, 4.69) is 36.9 Å².